The van der Waals surface area contributed by atoms with Crippen LogP contribution in [-0.4, -0.2) is 56.3 Å². The zero-order valence-corrected chi connectivity index (χ0v) is 18.2. The molecule has 10 heteroatoms. The molecular formula is C18H20Cl2N2O4S2. The fourth-order valence-electron chi connectivity index (χ4n) is 2.84. The largest absolute Gasteiger partial charge is 0.494 e. The van der Waals surface area contributed by atoms with Crippen molar-refractivity contribution >= 4 is 50.5 Å². The topological polar surface area (TPSA) is 66.9 Å². The number of ether oxygens (including phenoxy) is 1. The maximum atomic E-state index is 12.6. The number of amides is 1. The van der Waals surface area contributed by atoms with Crippen LogP contribution in [0.1, 0.15) is 12.8 Å². The molecule has 0 N–H and O–H groups in total. The molecule has 0 atom stereocenters. The van der Waals surface area contributed by atoms with Crippen molar-refractivity contribution < 1.29 is 17.9 Å². The van der Waals surface area contributed by atoms with E-state index in [0.29, 0.717) is 47.6 Å². The van der Waals surface area contributed by atoms with E-state index in [4.69, 9.17) is 27.9 Å². The van der Waals surface area contributed by atoms with Gasteiger partial charge in [0.2, 0.25) is 5.91 Å². The minimum atomic E-state index is -3.54. The second kappa shape index (κ2) is 9.45. The predicted octanol–water partition coefficient (Wildman–Crippen LogP) is 3.75. The van der Waals surface area contributed by atoms with Crippen molar-refractivity contribution in [3.63, 3.8) is 0 Å². The molecule has 0 saturated carbocycles. The number of carbonyl (C=O) groups is 1. The van der Waals surface area contributed by atoms with Crippen LogP contribution in [0.25, 0.3) is 0 Å². The van der Waals surface area contributed by atoms with Gasteiger partial charge >= 0.3 is 0 Å². The average Bonchev–Trinajstić information content (AvgIpc) is 3.14. The number of halogens is 2. The molecule has 0 spiro atoms. The summed E-state index contributed by atoms with van der Waals surface area (Å²) in [6.45, 7) is 1.76. The highest BCUT2D eigenvalue weighted by molar-refractivity contribution is 7.91. The highest BCUT2D eigenvalue weighted by Crippen LogP contribution is 2.28. The van der Waals surface area contributed by atoms with Crippen LogP contribution in [0.15, 0.2) is 40.6 Å². The first-order valence-corrected chi connectivity index (χ1v) is 11.8. The number of hydrogen-bond acceptors (Lipinski definition) is 5. The maximum Gasteiger partial charge on any atom is 0.252 e. The molecule has 1 fully saturated rings. The Balaban J connectivity index is 1.41. The molecule has 152 valence electrons. The number of nitrogens with zero attached hydrogens (tertiary/aromatic N) is 2. The average molecular weight is 463 g/mol. The van der Waals surface area contributed by atoms with Crippen molar-refractivity contribution in [3.8, 4) is 5.75 Å². The van der Waals surface area contributed by atoms with Crippen LogP contribution in [0.3, 0.4) is 0 Å². The summed E-state index contributed by atoms with van der Waals surface area (Å²) in [5.74, 6) is 0.722. The molecule has 0 unspecified atom stereocenters. The summed E-state index contributed by atoms with van der Waals surface area (Å²) in [4.78, 5) is 14.1. The van der Waals surface area contributed by atoms with Gasteiger partial charge in [-0.3, -0.25) is 4.79 Å². The Hall–Kier alpha value is -1.32. The first kappa shape index (κ1) is 21.4. The molecule has 3 rings (SSSR count). The van der Waals surface area contributed by atoms with Gasteiger partial charge in [-0.2, -0.15) is 4.31 Å². The lowest BCUT2D eigenvalue weighted by atomic mass is 10.2. The predicted molar refractivity (Wildman–Crippen MR) is 111 cm³/mol. The van der Waals surface area contributed by atoms with Crippen LogP contribution >= 0.6 is 34.5 Å². The van der Waals surface area contributed by atoms with E-state index < -0.39 is 10.0 Å². The van der Waals surface area contributed by atoms with E-state index in [1.807, 2.05) is 0 Å². The van der Waals surface area contributed by atoms with Crippen LogP contribution < -0.4 is 4.74 Å². The van der Waals surface area contributed by atoms with Gasteiger partial charge in [-0.05, 0) is 42.8 Å². The zero-order valence-electron chi connectivity index (χ0n) is 15.0. The monoisotopic (exact) mass is 462 g/mol. The van der Waals surface area contributed by atoms with Crippen LogP contribution in [0.2, 0.25) is 9.36 Å². The minimum Gasteiger partial charge on any atom is -0.494 e. The van der Waals surface area contributed by atoms with Gasteiger partial charge in [0, 0.05) is 37.6 Å². The Labute approximate surface area is 178 Å². The van der Waals surface area contributed by atoms with E-state index in [0.717, 1.165) is 11.3 Å². The molecule has 0 radical (unpaired) electrons. The number of thiophene rings is 1. The summed E-state index contributed by atoms with van der Waals surface area (Å²) in [5.41, 5.74) is 0. The highest BCUT2D eigenvalue weighted by Gasteiger charge is 2.30. The number of piperazine rings is 1. The first-order chi connectivity index (χ1) is 13.4. The number of hydrogen-bond donors (Lipinski definition) is 0. The van der Waals surface area contributed by atoms with Crippen molar-refractivity contribution in [1.29, 1.82) is 0 Å². The van der Waals surface area contributed by atoms with Crippen molar-refractivity contribution in [2.24, 2.45) is 0 Å². The zero-order chi connectivity index (χ0) is 20.1. The Bertz CT molecular complexity index is 908. The van der Waals surface area contributed by atoms with Crippen molar-refractivity contribution in [3.05, 3.63) is 45.8 Å². The fraction of sp³-hybridized carbons (Fsp3) is 0.389. The Morgan fingerprint density at radius 2 is 1.71 bits per heavy atom. The third kappa shape index (κ3) is 5.39. The lowest BCUT2D eigenvalue weighted by Gasteiger charge is -2.33. The second-order valence-electron chi connectivity index (χ2n) is 6.25. The standard InChI is InChI=1S/C18H20Cl2N2O4S2/c19-14-3-5-15(6-4-14)26-13-1-2-17(23)21-9-11-22(12-10-21)28(24,25)18-8-7-16(20)27-18/h3-8H,1-2,9-13H2. The van der Waals surface area contributed by atoms with Gasteiger partial charge in [-0.15, -0.1) is 11.3 Å². The smallest absolute Gasteiger partial charge is 0.252 e. The van der Waals surface area contributed by atoms with Gasteiger partial charge in [0.05, 0.1) is 10.9 Å². The third-order valence-electron chi connectivity index (χ3n) is 4.35. The molecule has 2 aromatic rings. The number of sulfonamides is 1. The normalized spacial score (nSPS) is 15.6. The van der Waals surface area contributed by atoms with E-state index in [1.165, 1.54) is 10.4 Å². The molecule has 1 saturated heterocycles. The summed E-state index contributed by atoms with van der Waals surface area (Å²) in [5, 5.41) is 0.644. The molecule has 1 aromatic carbocycles. The summed E-state index contributed by atoms with van der Waals surface area (Å²) >= 11 is 12.7. The molecule has 1 aliphatic rings. The van der Waals surface area contributed by atoms with Crippen molar-refractivity contribution in [2.75, 3.05) is 32.8 Å². The van der Waals surface area contributed by atoms with Crippen LogP contribution in [0.5, 0.6) is 5.75 Å². The first-order valence-electron chi connectivity index (χ1n) is 8.78. The number of benzene rings is 1. The summed E-state index contributed by atoms with van der Waals surface area (Å²) in [6, 6.07) is 10.2. The van der Waals surface area contributed by atoms with E-state index >= 15 is 0 Å². The molecule has 6 nitrogen and oxygen atoms in total. The van der Waals surface area contributed by atoms with E-state index in [-0.39, 0.29) is 23.2 Å². The SMILES string of the molecule is O=C(CCCOc1ccc(Cl)cc1)N1CCN(S(=O)(=O)c2ccc(Cl)s2)CC1. The highest BCUT2D eigenvalue weighted by atomic mass is 35.5. The number of carbonyl (C=O) groups excluding carboxylic acids is 1. The van der Waals surface area contributed by atoms with Gasteiger partial charge in [0.1, 0.15) is 9.96 Å². The number of rotatable bonds is 7. The molecule has 0 bridgehead atoms. The lowest BCUT2D eigenvalue weighted by molar-refractivity contribution is -0.132. The Morgan fingerprint density at radius 1 is 1.04 bits per heavy atom. The summed E-state index contributed by atoms with van der Waals surface area (Å²) in [7, 11) is -3.54. The maximum absolute atomic E-state index is 12.6. The van der Waals surface area contributed by atoms with Crippen LogP contribution in [-0.2, 0) is 14.8 Å². The fourth-order valence-corrected chi connectivity index (χ4v) is 6.03. The molecular weight excluding hydrogens is 443 g/mol. The summed E-state index contributed by atoms with van der Waals surface area (Å²) < 4.78 is 32.8. The molecule has 1 aromatic heterocycles. The lowest BCUT2D eigenvalue weighted by Crippen LogP contribution is -2.50. The Kier molecular flexibility index (Phi) is 7.22. The molecule has 0 aliphatic carbocycles. The third-order valence-corrected chi connectivity index (χ3v) is 8.20. The van der Waals surface area contributed by atoms with Gasteiger partial charge in [0.15, 0.2) is 0 Å². The summed E-state index contributed by atoms with van der Waals surface area (Å²) in [6.07, 6.45) is 0.953. The molecule has 1 aliphatic heterocycles. The van der Waals surface area contributed by atoms with E-state index in [9.17, 15) is 13.2 Å². The van der Waals surface area contributed by atoms with Crippen LogP contribution in [0, 0.1) is 0 Å². The van der Waals surface area contributed by atoms with Gasteiger partial charge in [-0.1, -0.05) is 23.2 Å². The quantitative estimate of drug-likeness (QED) is 0.587. The minimum absolute atomic E-state index is 0.0101. The molecule has 2 heterocycles. The molecule has 28 heavy (non-hydrogen) atoms. The van der Waals surface area contributed by atoms with Crippen molar-refractivity contribution in [2.45, 2.75) is 17.1 Å². The van der Waals surface area contributed by atoms with Gasteiger partial charge in [-0.25, -0.2) is 8.42 Å². The van der Waals surface area contributed by atoms with Gasteiger partial charge < -0.3 is 9.64 Å². The van der Waals surface area contributed by atoms with E-state index in [2.05, 4.69) is 0 Å². The van der Waals surface area contributed by atoms with Gasteiger partial charge in [0.25, 0.3) is 10.0 Å². The molecule has 1 amide bonds. The Morgan fingerprint density at radius 3 is 2.32 bits per heavy atom. The van der Waals surface area contributed by atoms with E-state index in [1.54, 1.807) is 35.2 Å². The van der Waals surface area contributed by atoms with Crippen molar-refractivity contribution in [1.82, 2.24) is 9.21 Å². The van der Waals surface area contributed by atoms with Crippen LogP contribution in [0.4, 0.5) is 0 Å². The second-order valence-corrected chi connectivity index (χ2v) is 10.6.